The summed E-state index contributed by atoms with van der Waals surface area (Å²) in [5, 5.41) is 0. The van der Waals surface area contributed by atoms with Crippen molar-refractivity contribution in [3.63, 3.8) is 0 Å². The van der Waals surface area contributed by atoms with E-state index in [1.165, 1.54) is 11.6 Å². The molecule has 0 aromatic heterocycles. The van der Waals surface area contributed by atoms with E-state index in [1.807, 2.05) is 6.92 Å². The molecule has 0 spiro atoms. The van der Waals surface area contributed by atoms with E-state index in [-0.39, 0.29) is 5.82 Å². The molecule has 19 heavy (non-hydrogen) atoms. The topological polar surface area (TPSA) is 52.0 Å². The van der Waals surface area contributed by atoms with E-state index in [9.17, 15) is 4.39 Å². The Morgan fingerprint density at radius 2 is 1.53 bits per heavy atom. The third-order valence-corrected chi connectivity index (χ3v) is 3.35. The zero-order valence-corrected chi connectivity index (χ0v) is 11.1. The lowest BCUT2D eigenvalue weighted by Gasteiger charge is -2.12. The number of benzene rings is 2. The van der Waals surface area contributed by atoms with Gasteiger partial charge in [0.05, 0.1) is 0 Å². The average molecular weight is 258 g/mol. The summed E-state index contributed by atoms with van der Waals surface area (Å²) in [6.07, 6.45) is 0.664. The molecule has 0 amide bonds. The zero-order valence-electron chi connectivity index (χ0n) is 11.1. The van der Waals surface area contributed by atoms with Crippen LogP contribution >= 0.6 is 0 Å². The lowest BCUT2D eigenvalue weighted by Crippen LogP contribution is -2.06. The Morgan fingerprint density at radius 3 is 2.21 bits per heavy atom. The first kappa shape index (κ1) is 13.7. The fourth-order valence-corrected chi connectivity index (χ4v) is 2.28. The van der Waals surface area contributed by atoms with Crippen molar-refractivity contribution in [2.24, 2.45) is 11.5 Å². The summed E-state index contributed by atoms with van der Waals surface area (Å²) in [5.41, 5.74) is 16.8. The van der Waals surface area contributed by atoms with Gasteiger partial charge in [0.1, 0.15) is 5.82 Å². The summed E-state index contributed by atoms with van der Waals surface area (Å²) in [4.78, 5) is 0. The van der Waals surface area contributed by atoms with Gasteiger partial charge in [0, 0.05) is 13.1 Å². The highest BCUT2D eigenvalue weighted by Gasteiger charge is 2.07. The summed E-state index contributed by atoms with van der Waals surface area (Å²) in [6.45, 7) is 2.94. The molecule has 0 aliphatic heterocycles. The quantitative estimate of drug-likeness (QED) is 0.885. The van der Waals surface area contributed by atoms with Gasteiger partial charge in [-0.1, -0.05) is 29.8 Å². The van der Waals surface area contributed by atoms with Crippen LogP contribution in [-0.2, 0) is 19.5 Å². The molecule has 2 aromatic rings. The standard InChI is InChI=1S/C16H19FN2/c1-11-2-3-12(15(6-11)10-19)7-14-8-16(17)5-4-13(14)9-18/h2-6,8H,7,9-10,18-19H2,1H3. The molecule has 0 fully saturated rings. The van der Waals surface area contributed by atoms with Crippen molar-refractivity contribution in [3.8, 4) is 0 Å². The summed E-state index contributed by atoms with van der Waals surface area (Å²) in [7, 11) is 0. The molecule has 0 atom stereocenters. The molecule has 0 aliphatic rings. The van der Waals surface area contributed by atoms with Crippen molar-refractivity contribution < 1.29 is 4.39 Å². The highest BCUT2D eigenvalue weighted by atomic mass is 19.1. The summed E-state index contributed by atoms with van der Waals surface area (Å²) < 4.78 is 13.4. The first-order valence-corrected chi connectivity index (χ1v) is 6.40. The highest BCUT2D eigenvalue weighted by Crippen LogP contribution is 2.19. The first-order chi connectivity index (χ1) is 9.13. The lowest BCUT2D eigenvalue weighted by molar-refractivity contribution is 0.624. The Kier molecular flexibility index (Phi) is 4.30. The van der Waals surface area contributed by atoms with Gasteiger partial charge in [0.2, 0.25) is 0 Å². The minimum atomic E-state index is -0.228. The van der Waals surface area contributed by atoms with E-state index >= 15 is 0 Å². The second-order valence-electron chi connectivity index (χ2n) is 4.77. The third kappa shape index (κ3) is 3.19. The lowest BCUT2D eigenvalue weighted by atomic mass is 9.95. The summed E-state index contributed by atoms with van der Waals surface area (Å²) in [6, 6.07) is 10.9. The van der Waals surface area contributed by atoms with Gasteiger partial charge in [-0.2, -0.15) is 0 Å². The summed E-state index contributed by atoms with van der Waals surface area (Å²) in [5.74, 6) is -0.228. The van der Waals surface area contributed by atoms with Gasteiger partial charge in [-0.25, -0.2) is 4.39 Å². The van der Waals surface area contributed by atoms with Crippen molar-refractivity contribution in [2.45, 2.75) is 26.4 Å². The molecule has 2 rings (SSSR count). The van der Waals surface area contributed by atoms with Gasteiger partial charge >= 0.3 is 0 Å². The van der Waals surface area contributed by atoms with E-state index in [2.05, 4.69) is 18.2 Å². The Morgan fingerprint density at radius 1 is 0.842 bits per heavy atom. The molecule has 2 nitrogen and oxygen atoms in total. The van der Waals surface area contributed by atoms with Gasteiger partial charge in [-0.3, -0.25) is 0 Å². The maximum Gasteiger partial charge on any atom is 0.123 e. The molecule has 0 heterocycles. The van der Waals surface area contributed by atoms with Crippen LogP contribution in [0.5, 0.6) is 0 Å². The average Bonchev–Trinajstić information content (AvgIpc) is 2.41. The maximum atomic E-state index is 13.4. The minimum absolute atomic E-state index is 0.228. The van der Waals surface area contributed by atoms with E-state index < -0.39 is 0 Å². The van der Waals surface area contributed by atoms with Crippen molar-refractivity contribution in [3.05, 3.63) is 70.0 Å². The second kappa shape index (κ2) is 5.95. The molecule has 0 radical (unpaired) electrons. The fraction of sp³-hybridized carbons (Fsp3) is 0.250. The molecule has 0 saturated carbocycles. The zero-order chi connectivity index (χ0) is 13.8. The van der Waals surface area contributed by atoms with Crippen LogP contribution < -0.4 is 11.5 Å². The van der Waals surface area contributed by atoms with Crippen LogP contribution in [0, 0.1) is 12.7 Å². The van der Waals surface area contributed by atoms with Crippen LogP contribution in [0.3, 0.4) is 0 Å². The number of hydrogen-bond donors (Lipinski definition) is 2. The van der Waals surface area contributed by atoms with Crippen molar-refractivity contribution in [2.75, 3.05) is 0 Å². The van der Waals surface area contributed by atoms with Gasteiger partial charge in [0.25, 0.3) is 0 Å². The van der Waals surface area contributed by atoms with Crippen molar-refractivity contribution >= 4 is 0 Å². The fourth-order valence-electron chi connectivity index (χ4n) is 2.28. The van der Waals surface area contributed by atoms with Crippen LogP contribution in [0.15, 0.2) is 36.4 Å². The Bertz CT molecular complexity index is 579. The molecule has 100 valence electrons. The molecule has 0 bridgehead atoms. The molecular weight excluding hydrogens is 239 g/mol. The second-order valence-corrected chi connectivity index (χ2v) is 4.77. The maximum absolute atomic E-state index is 13.4. The predicted molar refractivity (Wildman–Crippen MR) is 76.2 cm³/mol. The van der Waals surface area contributed by atoms with Gasteiger partial charge in [-0.15, -0.1) is 0 Å². The predicted octanol–water partition coefficient (Wildman–Crippen LogP) is 2.64. The molecule has 3 heteroatoms. The number of rotatable bonds is 4. The Labute approximate surface area is 113 Å². The van der Waals surface area contributed by atoms with Crippen LogP contribution in [0.25, 0.3) is 0 Å². The van der Waals surface area contributed by atoms with E-state index in [0.717, 1.165) is 22.3 Å². The SMILES string of the molecule is Cc1ccc(Cc2cc(F)ccc2CN)c(CN)c1. The third-order valence-electron chi connectivity index (χ3n) is 3.35. The smallest absolute Gasteiger partial charge is 0.123 e. The number of nitrogens with two attached hydrogens (primary N) is 2. The molecule has 0 aliphatic carbocycles. The molecule has 0 saturated heterocycles. The van der Waals surface area contributed by atoms with E-state index in [0.29, 0.717) is 19.5 Å². The minimum Gasteiger partial charge on any atom is -0.326 e. The van der Waals surface area contributed by atoms with E-state index in [4.69, 9.17) is 11.5 Å². The van der Waals surface area contributed by atoms with Crippen LogP contribution in [-0.4, -0.2) is 0 Å². The summed E-state index contributed by atoms with van der Waals surface area (Å²) >= 11 is 0. The van der Waals surface area contributed by atoms with Crippen molar-refractivity contribution in [1.29, 1.82) is 0 Å². The van der Waals surface area contributed by atoms with Crippen LogP contribution in [0.2, 0.25) is 0 Å². The van der Waals surface area contributed by atoms with Gasteiger partial charge in [-0.05, 0) is 47.7 Å². The van der Waals surface area contributed by atoms with Crippen LogP contribution in [0.4, 0.5) is 4.39 Å². The van der Waals surface area contributed by atoms with Gasteiger partial charge < -0.3 is 11.5 Å². The molecule has 0 unspecified atom stereocenters. The normalized spacial score (nSPS) is 10.7. The molecule has 2 aromatic carbocycles. The van der Waals surface area contributed by atoms with Crippen LogP contribution in [0.1, 0.15) is 27.8 Å². The number of aryl methyl sites for hydroxylation is 1. The number of hydrogen-bond acceptors (Lipinski definition) is 2. The molecule has 4 N–H and O–H groups in total. The highest BCUT2D eigenvalue weighted by molar-refractivity contribution is 5.38. The van der Waals surface area contributed by atoms with Crippen molar-refractivity contribution in [1.82, 2.24) is 0 Å². The molecular formula is C16H19FN2. The number of halogens is 1. The Hall–Kier alpha value is -1.71. The monoisotopic (exact) mass is 258 g/mol. The van der Waals surface area contributed by atoms with Gasteiger partial charge in [0.15, 0.2) is 0 Å². The Balaban J connectivity index is 2.38. The largest absolute Gasteiger partial charge is 0.326 e. The first-order valence-electron chi connectivity index (χ1n) is 6.40. The van der Waals surface area contributed by atoms with E-state index in [1.54, 1.807) is 12.1 Å².